The van der Waals surface area contributed by atoms with E-state index in [0.29, 0.717) is 37.0 Å². The molecule has 3 aromatic rings. The lowest BCUT2D eigenvalue weighted by Gasteiger charge is -2.11. The molecule has 29 heavy (non-hydrogen) atoms. The van der Waals surface area contributed by atoms with Gasteiger partial charge in [-0.2, -0.15) is 4.98 Å². The molecule has 0 fully saturated rings. The summed E-state index contributed by atoms with van der Waals surface area (Å²) in [5.74, 6) is 1.08. The van der Waals surface area contributed by atoms with Gasteiger partial charge in [0.1, 0.15) is 5.82 Å². The third-order valence-electron chi connectivity index (χ3n) is 4.41. The highest BCUT2D eigenvalue weighted by Gasteiger charge is 2.15. The van der Waals surface area contributed by atoms with Gasteiger partial charge >= 0.3 is 0 Å². The molecule has 0 atom stereocenters. The van der Waals surface area contributed by atoms with Crippen molar-refractivity contribution < 1.29 is 8.42 Å². The first-order valence-electron chi connectivity index (χ1n) is 9.31. The van der Waals surface area contributed by atoms with Crippen molar-refractivity contribution in [3.05, 3.63) is 71.9 Å². The number of anilines is 3. The Kier molecular flexibility index (Phi) is 5.55. The molecule has 0 saturated heterocycles. The van der Waals surface area contributed by atoms with E-state index in [1.165, 1.54) is 0 Å². The van der Waals surface area contributed by atoms with Crippen molar-refractivity contribution in [1.82, 2.24) is 14.7 Å². The minimum absolute atomic E-state index is 0.206. The van der Waals surface area contributed by atoms with Gasteiger partial charge in [0.2, 0.25) is 16.0 Å². The Morgan fingerprint density at radius 2 is 1.83 bits per heavy atom. The van der Waals surface area contributed by atoms with Gasteiger partial charge in [0.05, 0.1) is 4.90 Å². The number of fused-ring (bicyclic) bond motifs is 4. The number of rotatable bonds is 2. The van der Waals surface area contributed by atoms with Crippen molar-refractivity contribution in [2.45, 2.75) is 11.3 Å². The second-order valence-corrected chi connectivity index (χ2v) is 8.34. The number of hydrogen-bond acceptors (Lipinski definition) is 6. The van der Waals surface area contributed by atoms with Gasteiger partial charge in [0, 0.05) is 30.5 Å². The molecule has 148 valence electrons. The number of nitrogens with zero attached hydrogens (tertiary/aromatic N) is 2. The molecule has 8 heteroatoms. The number of nitrogens with one attached hydrogen (secondary N) is 3. The minimum atomic E-state index is -3.55. The summed E-state index contributed by atoms with van der Waals surface area (Å²) < 4.78 is 27.5. The SMILES string of the molecule is O=S1(=O)NCCCNc2nc(ncc2C=Cc2ccccc2)Nc2cccc1c2. The van der Waals surface area contributed by atoms with Crippen LogP contribution in [0.5, 0.6) is 0 Å². The first-order chi connectivity index (χ1) is 14.1. The zero-order chi connectivity index (χ0) is 20.1. The molecular weight excluding hydrogens is 386 g/mol. The highest BCUT2D eigenvalue weighted by molar-refractivity contribution is 7.89. The van der Waals surface area contributed by atoms with Crippen molar-refractivity contribution in [2.75, 3.05) is 23.7 Å². The molecule has 0 unspecified atom stereocenters. The van der Waals surface area contributed by atoms with Crippen LogP contribution in [0, 0.1) is 0 Å². The Balaban J connectivity index is 1.66. The molecule has 2 aromatic carbocycles. The summed E-state index contributed by atoms with van der Waals surface area (Å²) in [4.78, 5) is 9.17. The second kappa shape index (κ2) is 8.42. The molecule has 0 amide bonds. The van der Waals surface area contributed by atoms with E-state index in [-0.39, 0.29) is 4.90 Å². The fraction of sp³-hybridized carbons (Fsp3) is 0.143. The van der Waals surface area contributed by atoms with Gasteiger partial charge < -0.3 is 10.6 Å². The Hall–Kier alpha value is -3.23. The van der Waals surface area contributed by atoms with Crippen molar-refractivity contribution in [2.24, 2.45) is 0 Å². The molecule has 1 aliphatic heterocycles. The first kappa shape index (κ1) is 19.1. The van der Waals surface area contributed by atoms with Crippen LogP contribution < -0.4 is 15.4 Å². The summed E-state index contributed by atoms with van der Waals surface area (Å²) in [7, 11) is -3.55. The average molecular weight is 407 g/mol. The normalized spacial score (nSPS) is 16.0. The highest BCUT2D eigenvalue weighted by Crippen LogP contribution is 2.22. The summed E-state index contributed by atoms with van der Waals surface area (Å²) in [6, 6.07) is 16.6. The maximum atomic E-state index is 12.4. The molecule has 7 nitrogen and oxygen atoms in total. The first-order valence-corrected chi connectivity index (χ1v) is 10.8. The van der Waals surface area contributed by atoms with E-state index in [2.05, 4.69) is 25.3 Å². The Morgan fingerprint density at radius 3 is 2.69 bits per heavy atom. The predicted molar refractivity (Wildman–Crippen MR) is 115 cm³/mol. The maximum absolute atomic E-state index is 12.4. The molecule has 3 N–H and O–H groups in total. The molecule has 1 aromatic heterocycles. The van der Waals surface area contributed by atoms with Crippen LogP contribution in [-0.4, -0.2) is 31.5 Å². The van der Waals surface area contributed by atoms with E-state index in [1.54, 1.807) is 30.5 Å². The zero-order valence-corrected chi connectivity index (χ0v) is 16.5. The molecule has 2 heterocycles. The van der Waals surface area contributed by atoms with Crippen molar-refractivity contribution in [1.29, 1.82) is 0 Å². The van der Waals surface area contributed by atoms with Gasteiger partial charge in [-0.3, -0.25) is 0 Å². The third kappa shape index (κ3) is 4.79. The lowest BCUT2D eigenvalue weighted by Crippen LogP contribution is -2.26. The molecule has 0 aliphatic carbocycles. The van der Waals surface area contributed by atoms with E-state index < -0.39 is 10.0 Å². The average Bonchev–Trinajstić information content (AvgIpc) is 2.74. The summed E-state index contributed by atoms with van der Waals surface area (Å²) in [6.07, 6.45) is 6.33. The Bertz CT molecular complexity index is 1130. The molecule has 4 bridgehead atoms. The van der Waals surface area contributed by atoms with Gasteiger partial charge in [-0.05, 0) is 36.3 Å². The fourth-order valence-electron chi connectivity index (χ4n) is 2.92. The largest absolute Gasteiger partial charge is 0.369 e. The van der Waals surface area contributed by atoms with Gasteiger partial charge in [-0.1, -0.05) is 42.5 Å². The van der Waals surface area contributed by atoms with Crippen molar-refractivity contribution in [3.63, 3.8) is 0 Å². The summed E-state index contributed by atoms with van der Waals surface area (Å²) >= 11 is 0. The molecule has 4 rings (SSSR count). The van der Waals surface area contributed by atoms with Crippen LogP contribution >= 0.6 is 0 Å². The van der Waals surface area contributed by atoms with Crippen molar-refractivity contribution >= 4 is 39.6 Å². The fourth-order valence-corrected chi connectivity index (χ4v) is 4.04. The highest BCUT2D eigenvalue weighted by atomic mass is 32.2. The molecule has 0 spiro atoms. The van der Waals surface area contributed by atoms with Crippen LogP contribution in [0.25, 0.3) is 12.2 Å². The third-order valence-corrected chi connectivity index (χ3v) is 5.87. The molecule has 0 radical (unpaired) electrons. The number of benzene rings is 2. The lowest BCUT2D eigenvalue weighted by atomic mass is 10.2. The smallest absolute Gasteiger partial charge is 0.240 e. The quantitative estimate of drug-likeness (QED) is 0.602. The lowest BCUT2D eigenvalue weighted by molar-refractivity contribution is 0.580. The molecule has 0 saturated carbocycles. The number of aromatic nitrogens is 2. The number of sulfonamides is 1. The van der Waals surface area contributed by atoms with Crippen LogP contribution in [0.15, 0.2) is 65.7 Å². The zero-order valence-electron chi connectivity index (χ0n) is 15.7. The van der Waals surface area contributed by atoms with Gasteiger partial charge in [-0.25, -0.2) is 18.1 Å². The standard InChI is InChI=1S/C21H21N5O2S/c27-29(28)19-9-4-8-18(14-19)25-21-23-15-17(11-10-16-6-2-1-3-7-16)20(26-21)22-12-5-13-24-29/h1-4,6-11,14-15,24H,5,12-13H2,(H2,22,23,25,26). The van der Waals surface area contributed by atoms with Crippen LogP contribution in [-0.2, 0) is 10.0 Å². The number of hydrogen-bond donors (Lipinski definition) is 3. The van der Waals surface area contributed by atoms with Gasteiger partial charge in [-0.15, -0.1) is 0 Å². The van der Waals surface area contributed by atoms with E-state index in [9.17, 15) is 8.42 Å². The molecule has 1 aliphatic rings. The van der Waals surface area contributed by atoms with Crippen molar-refractivity contribution in [3.8, 4) is 0 Å². The van der Waals surface area contributed by atoms with E-state index >= 15 is 0 Å². The summed E-state index contributed by atoms with van der Waals surface area (Å²) in [6.45, 7) is 0.906. The van der Waals surface area contributed by atoms with Crippen LogP contribution in [0.3, 0.4) is 0 Å². The summed E-state index contributed by atoms with van der Waals surface area (Å²) in [5.41, 5.74) is 2.53. The topological polar surface area (TPSA) is 96.0 Å². The van der Waals surface area contributed by atoms with E-state index in [4.69, 9.17) is 0 Å². The second-order valence-electron chi connectivity index (χ2n) is 6.57. The predicted octanol–water partition coefficient (Wildman–Crippen LogP) is 3.48. The monoisotopic (exact) mass is 407 g/mol. The maximum Gasteiger partial charge on any atom is 0.240 e. The Labute approximate surface area is 170 Å². The summed E-state index contributed by atoms with van der Waals surface area (Å²) in [5, 5.41) is 6.37. The molecular formula is C21H21N5O2S. The Morgan fingerprint density at radius 1 is 0.966 bits per heavy atom. The van der Waals surface area contributed by atoms with Gasteiger partial charge in [0.25, 0.3) is 0 Å². The van der Waals surface area contributed by atoms with Gasteiger partial charge in [0.15, 0.2) is 0 Å². The van der Waals surface area contributed by atoms with Crippen LogP contribution in [0.1, 0.15) is 17.5 Å². The van der Waals surface area contributed by atoms with E-state index in [1.807, 2.05) is 42.5 Å². The van der Waals surface area contributed by atoms with Crippen LogP contribution in [0.2, 0.25) is 0 Å². The van der Waals surface area contributed by atoms with Crippen LogP contribution in [0.4, 0.5) is 17.5 Å². The minimum Gasteiger partial charge on any atom is -0.369 e. The van der Waals surface area contributed by atoms with E-state index in [0.717, 1.165) is 11.1 Å².